The van der Waals surface area contributed by atoms with Gasteiger partial charge in [-0.25, -0.2) is 0 Å². The maximum absolute atomic E-state index is 11.9. The first-order valence-electron chi connectivity index (χ1n) is 15.7. The molecule has 45 heavy (non-hydrogen) atoms. The summed E-state index contributed by atoms with van der Waals surface area (Å²) in [6.07, 6.45) is 18.9. The van der Waals surface area contributed by atoms with Crippen LogP contribution in [0.5, 0.6) is 0 Å². The lowest BCUT2D eigenvalue weighted by molar-refractivity contribution is -0.116. The molecule has 1 heteroatoms. The molecule has 230 valence electrons. The van der Waals surface area contributed by atoms with E-state index in [1.165, 1.54) is 44.6 Å². The summed E-state index contributed by atoms with van der Waals surface area (Å²) in [5.41, 5.74) is 13.2. The van der Waals surface area contributed by atoms with Gasteiger partial charge in [0.25, 0.3) is 0 Å². The molecule has 0 radical (unpaired) electrons. The fourth-order valence-corrected chi connectivity index (χ4v) is 4.78. The molecule has 1 nitrogen and oxygen atoms in total. The fourth-order valence-electron chi connectivity index (χ4n) is 4.78. The lowest BCUT2D eigenvalue weighted by atomic mass is 9.96. The van der Waals surface area contributed by atoms with E-state index < -0.39 is 0 Å². The van der Waals surface area contributed by atoms with E-state index in [1.807, 2.05) is 18.2 Å². The molecular weight excluding hydrogens is 544 g/mol. The topological polar surface area (TPSA) is 17.1 Å². The Hall–Kier alpha value is -4.75. The standard InChI is InChI=1S/C44H48O/c1-33(29-43(31-39(7)45)41-19-13-9-14-20-41)23-25-35(3)37(5)27-28-38(6)36(4)26-24-34(2)30-44(42-21-15-10-16-22-42)32-40-17-11-8-12-18-40/h8-29,32H,30-31H2,1-7H3. The Morgan fingerprint density at radius 3 is 1.40 bits per heavy atom. The summed E-state index contributed by atoms with van der Waals surface area (Å²) < 4.78 is 0. The minimum absolute atomic E-state index is 0.164. The van der Waals surface area contributed by atoms with Gasteiger partial charge in [-0.3, -0.25) is 4.79 Å². The van der Waals surface area contributed by atoms with E-state index in [4.69, 9.17) is 0 Å². The number of allylic oxidation sites excluding steroid dienone is 15. The molecule has 0 heterocycles. The molecule has 0 aliphatic rings. The zero-order chi connectivity index (χ0) is 32.6. The number of carbonyl (C=O) groups excluding carboxylic acids is 1. The molecule has 3 rings (SSSR count). The lowest BCUT2D eigenvalue weighted by Gasteiger charge is -2.09. The second kappa shape index (κ2) is 18.1. The maximum Gasteiger partial charge on any atom is 0.134 e. The Labute approximate surface area is 272 Å². The van der Waals surface area contributed by atoms with Crippen LogP contribution < -0.4 is 0 Å². The van der Waals surface area contributed by atoms with Crippen molar-refractivity contribution in [1.82, 2.24) is 0 Å². The second-order valence-corrected chi connectivity index (χ2v) is 11.9. The zero-order valence-corrected chi connectivity index (χ0v) is 28.1. The quantitative estimate of drug-likeness (QED) is 0.142. The molecule has 0 bridgehead atoms. The number of Topliss-reactive ketones (excluding diaryl/α,β-unsaturated/α-hetero) is 1. The van der Waals surface area contributed by atoms with Gasteiger partial charge in [0.2, 0.25) is 0 Å². The molecule has 3 aromatic rings. The monoisotopic (exact) mass is 592 g/mol. The maximum atomic E-state index is 11.9. The highest BCUT2D eigenvalue weighted by Crippen LogP contribution is 2.26. The number of benzene rings is 3. The Kier molecular flexibility index (Phi) is 14.0. The van der Waals surface area contributed by atoms with E-state index in [1.54, 1.807) is 6.92 Å². The highest BCUT2D eigenvalue weighted by molar-refractivity contribution is 5.89. The Morgan fingerprint density at radius 1 is 0.489 bits per heavy atom. The third kappa shape index (κ3) is 12.4. The summed E-state index contributed by atoms with van der Waals surface area (Å²) in [6, 6.07) is 31.3. The Balaban J connectivity index is 1.72. The van der Waals surface area contributed by atoms with Crippen molar-refractivity contribution in [1.29, 1.82) is 0 Å². The van der Waals surface area contributed by atoms with Gasteiger partial charge in [0.15, 0.2) is 0 Å². The molecule has 0 saturated carbocycles. The zero-order valence-electron chi connectivity index (χ0n) is 28.1. The molecule has 0 atom stereocenters. The predicted molar refractivity (Wildman–Crippen MR) is 198 cm³/mol. The van der Waals surface area contributed by atoms with E-state index >= 15 is 0 Å². The normalized spacial score (nSPS) is 14.6. The fraction of sp³-hybridized carbons (Fsp3) is 0.205. The molecular formula is C44H48O. The van der Waals surface area contributed by atoms with Crippen LogP contribution in [-0.2, 0) is 4.79 Å². The van der Waals surface area contributed by atoms with Gasteiger partial charge in [-0.15, -0.1) is 0 Å². The van der Waals surface area contributed by atoms with Crippen LogP contribution in [0.2, 0.25) is 0 Å². The van der Waals surface area contributed by atoms with Crippen LogP contribution in [0.3, 0.4) is 0 Å². The van der Waals surface area contributed by atoms with Crippen LogP contribution >= 0.6 is 0 Å². The van der Waals surface area contributed by atoms with Crippen molar-refractivity contribution < 1.29 is 4.79 Å². The van der Waals surface area contributed by atoms with Crippen LogP contribution in [-0.4, -0.2) is 5.78 Å². The molecule has 0 spiro atoms. The molecule has 0 aliphatic carbocycles. The van der Waals surface area contributed by atoms with Crippen molar-refractivity contribution in [3.63, 3.8) is 0 Å². The summed E-state index contributed by atoms with van der Waals surface area (Å²) in [4.78, 5) is 11.9. The third-order valence-corrected chi connectivity index (χ3v) is 7.78. The smallest absolute Gasteiger partial charge is 0.134 e. The van der Waals surface area contributed by atoms with E-state index in [2.05, 4.69) is 163 Å². The molecule has 0 fully saturated rings. The molecule has 0 saturated heterocycles. The summed E-state index contributed by atoms with van der Waals surface area (Å²) in [7, 11) is 0. The van der Waals surface area contributed by atoms with E-state index in [9.17, 15) is 4.79 Å². The summed E-state index contributed by atoms with van der Waals surface area (Å²) in [6.45, 7) is 14.5. The van der Waals surface area contributed by atoms with Crippen molar-refractivity contribution in [3.05, 3.63) is 184 Å². The molecule has 0 unspecified atom stereocenters. The minimum Gasteiger partial charge on any atom is -0.300 e. The van der Waals surface area contributed by atoms with Gasteiger partial charge in [-0.05, 0) is 105 Å². The first kappa shape index (κ1) is 34.7. The summed E-state index contributed by atoms with van der Waals surface area (Å²) >= 11 is 0. The average molecular weight is 593 g/mol. The second-order valence-electron chi connectivity index (χ2n) is 11.9. The van der Waals surface area contributed by atoms with Crippen molar-refractivity contribution in [2.24, 2.45) is 0 Å². The van der Waals surface area contributed by atoms with Crippen LogP contribution in [0.1, 0.15) is 78.0 Å². The number of carbonyl (C=O) groups is 1. The summed E-state index contributed by atoms with van der Waals surface area (Å²) in [5.74, 6) is 0.164. The number of hydrogen-bond donors (Lipinski definition) is 0. The molecule has 0 amide bonds. The van der Waals surface area contributed by atoms with Gasteiger partial charge in [0, 0.05) is 6.42 Å². The first-order chi connectivity index (χ1) is 21.6. The van der Waals surface area contributed by atoms with Gasteiger partial charge in [0.1, 0.15) is 5.78 Å². The van der Waals surface area contributed by atoms with Gasteiger partial charge >= 0.3 is 0 Å². The Morgan fingerprint density at radius 2 is 0.911 bits per heavy atom. The highest BCUT2D eigenvalue weighted by atomic mass is 16.1. The van der Waals surface area contributed by atoms with Gasteiger partial charge in [0.05, 0.1) is 0 Å². The molecule has 0 aromatic heterocycles. The number of ketones is 1. The highest BCUT2D eigenvalue weighted by Gasteiger charge is 2.05. The Bertz CT molecular complexity index is 1670. The first-order valence-corrected chi connectivity index (χ1v) is 15.7. The van der Waals surface area contributed by atoms with Crippen LogP contribution in [0.4, 0.5) is 0 Å². The van der Waals surface area contributed by atoms with Crippen LogP contribution in [0, 0.1) is 0 Å². The molecule has 0 N–H and O–H groups in total. The minimum atomic E-state index is 0.164. The SMILES string of the molecule is CC(=O)CC(=CC(C)=CC=C(C)C(C)=CC=C(C)C(C)=CC=C(C)CC(=Cc1ccccc1)c1ccccc1)c1ccccc1. The van der Waals surface area contributed by atoms with Crippen molar-refractivity contribution >= 4 is 23.0 Å². The van der Waals surface area contributed by atoms with Crippen LogP contribution in [0.15, 0.2) is 167 Å². The average Bonchev–Trinajstić information content (AvgIpc) is 3.05. The predicted octanol–water partition coefficient (Wildman–Crippen LogP) is 12.4. The van der Waals surface area contributed by atoms with Crippen molar-refractivity contribution in [2.75, 3.05) is 0 Å². The van der Waals surface area contributed by atoms with Crippen LogP contribution in [0.25, 0.3) is 17.2 Å². The largest absolute Gasteiger partial charge is 0.300 e. The van der Waals surface area contributed by atoms with E-state index in [-0.39, 0.29) is 5.78 Å². The van der Waals surface area contributed by atoms with Gasteiger partial charge < -0.3 is 0 Å². The number of hydrogen-bond acceptors (Lipinski definition) is 1. The van der Waals surface area contributed by atoms with E-state index in [0.717, 1.165) is 23.1 Å². The van der Waals surface area contributed by atoms with E-state index in [0.29, 0.717) is 6.42 Å². The van der Waals surface area contributed by atoms with Crippen molar-refractivity contribution in [3.8, 4) is 0 Å². The van der Waals surface area contributed by atoms with Gasteiger partial charge in [-0.2, -0.15) is 0 Å². The molecule has 0 aliphatic heterocycles. The van der Waals surface area contributed by atoms with Crippen molar-refractivity contribution in [2.45, 2.75) is 61.3 Å². The number of rotatable bonds is 13. The lowest BCUT2D eigenvalue weighted by Crippen LogP contribution is -1.94. The molecule has 3 aromatic carbocycles. The third-order valence-electron chi connectivity index (χ3n) is 7.78. The van der Waals surface area contributed by atoms with Gasteiger partial charge in [-0.1, -0.05) is 151 Å². The summed E-state index contributed by atoms with van der Waals surface area (Å²) in [5, 5.41) is 0.